The number of nitrogens with zero attached hydrogens (tertiary/aromatic N) is 2. The second-order valence-electron chi connectivity index (χ2n) is 7.23. The minimum Gasteiger partial charge on any atom is -0.349 e. The maximum Gasteiger partial charge on any atom is 0.226 e. The molecule has 3 unspecified atom stereocenters. The molecule has 0 saturated heterocycles. The number of hydrogen-bond donors (Lipinski definition) is 0. The fraction of sp³-hybridized carbons (Fsp3) is 0.895. The van der Waals surface area contributed by atoms with Crippen molar-refractivity contribution in [1.29, 1.82) is 0 Å². The van der Waals surface area contributed by atoms with Gasteiger partial charge >= 0.3 is 0 Å². The molecule has 0 aliphatic carbocycles. The van der Waals surface area contributed by atoms with Crippen molar-refractivity contribution >= 4 is 11.8 Å². The van der Waals surface area contributed by atoms with Gasteiger partial charge in [0.25, 0.3) is 0 Å². The summed E-state index contributed by atoms with van der Waals surface area (Å²) in [5, 5.41) is 0. The molecule has 136 valence electrons. The predicted octanol–water partition coefficient (Wildman–Crippen LogP) is 3.66. The first-order chi connectivity index (χ1) is 10.6. The molecule has 0 aromatic rings. The average molecular weight is 327 g/mol. The quantitative estimate of drug-likeness (QED) is 0.649. The molecule has 0 fully saturated rings. The van der Waals surface area contributed by atoms with Gasteiger partial charge in [-0.05, 0) is 25.7 Å². The van der Waals surface area contributed by atoms with E-state index in [1.165, 1.54) is 0 Å². The Morgan fingerprint density at radius 3 is 1.65 bits per heavy atom. The van der Waals surface area contributed by atoms with Crippen molar-refractivity contribution in [3.05, 3.63) is 0 Å². The molecular weight excluding hydrogens is 288 g/mol. The average Bonchev–Trinajstić information content (AvgIpc) is 2.48. The van der Waals surface area contributed by atoms with Gasteiger partial charge in [-0.2, -0.15) is 0 Å². The van der Waals surface area contributed by atoms with Crippen molar-refractivity contribution in [1.82, 2.24) is 9.80 Å². The Morgan fingerprint density at radius 1 is 0.870 bits per heavy atom. The molecule has 0 aromatic carbocycles. The third kappa shape index (κ3) is 5.50. The minimum absolute atomic E-state index is 0.0482. The summed E-state index contributed by atoms with van der Waals surface area (Å²) < 4.78 is 0. The van der Waals surface area contributed by atoms with E-state index in [-0.39, 0.29) is 35.6 Å². The first-order valence-electron chi connectivity index (χ1n) is 9.15. The van der Waals surface area contributed by atoms with Crippen molar-refractivity contribution in [2.24, 2.45) is 23.7 Å². The maximum absolute atomic E-state index is 13.1. The minimum atomic E-state index is -0.290. The highest BCUT2D eigenvalue weighted by molar-refractivity contribution is 5.87. The van der Waals surface area contributed by atoms with E-state index in [9.17, 15) is 9.59 Å². The number of rotatable bonds is 9. The summed E-state index contributed by atoms with van der Waals surface area (Å²) >= 11 is 0. The summed E-state index contributed by atoms with van der Waals surface area (Å²) in [6.45, 7) is 15.2. The molecule has 0 aliphatic rings. The van der Waals surface area contributed by atoms with Gasteiger partial charge in [0.1, 0.15) is 0 Å². The van der Waals surface area contributed by atoms with Gasteiger partial charge in [0, 0.05) is 32.6 Å². The van der Waals surface area contributed by atoms with Crippen molar-refractivity contribution < 1.29 is 9.59 Å². The predicted molar refractivity (Wildman–Crippen MR) is 97.1 cm³/mol. The Balaban J connectivity index is 5.38. The molecule has 0 bridgehead atoms. The molecule has 4 nitrogen and oxygen atoms in total. The van der Waals surface area contributed by atoms with Crippen LogP contribution in [0.1, 0.15) is 61.3 Å². The largest absolute Gasteiger partial charge is 0.349 e. The molecule has 0 saturated carbocycles. The Hall–Kier alpha value is -1.06. The van der Waals surface area contributed by atoms with E-state index in [1.54, 1.807) is 19.0 Å². The van der Waals surface area contributed by atoms with Crippen LogP contribution in [0.5, 0.6) is 0 Å². The van der Waals surface area contributed by atoms with E-state index in [0.29, 0.717) is 12.5 Å². The van der Waals surface area contributed by atoms with Gasteiger partial charge in [0.05, 0.1) is 5.92 Å². The standard InChI is InChI=1S/C19H38N2O2/c1-10-16(11-2)15(7)21(12-3)18(22)14(6)17(13(4)5)19(23)20(8)9/h13-17H,10-12H2,1-9H3. The smallest absolute Gasteiger partial charge is 0.226 e. The molecule has 23 heavy (non-hydrogen) atoms. The first-order valence-corrected chi connectivity index (χ1v) is 9.15. The van der Waals surface area contributed by atoms with Gasteiger partial charge in [0.2, 0.25) is 11.8 Å². The van der Waals surface area contributed by atoms with Crippen molar-refractivity contribution in [2.45, 2.75) is 67.3 Å². The molecule has 0 rings (SSSR count). The van der Waals surface area contributed by atoms with E-state index >= 15 is 0 Å². The number of amides is 2. The van der Waals surface area contributed by atoms with E-state index in [4.69, 9.17) is 0 Å². The fourth-order valence-corrected chi connectivity index (χ4v) is 3.66. The van der Waals surface area contributed by atoms with Crippen LogP contribution in [-0.2, 0) is 9.59 Å². The van der Waals surface area contributed by atoms with Crippen molar-refractivity contribution in [3.8, 4) is 0 Å². The monoisotopic (exact) mass is 326 g/mol. The van der Waals surface area contributed by atoms with Crippen LogP contribution in [0.2, 0.25) is 0 Å². The molecule has 3 atom stereocenters. The summed E-state index contributed by atoms with van der Waals surface area (Å²) in [6, 6.07) is 0.215. The highest BCUT2D eigenvalue weighted by Crippen LogP contribution is 2.27. The van der Waals surface area contributed by atoms with E-state index < -0.39 is 0 Å². The van der Waals surface area contributed by atoms with Gasteiger partial charge in [-0.3, -0.25) is 9.59 Å². The highest BCUT2D eigenvalue weighted by Gasteiger charge is 2.37. The third-order valence-electron chi connectivity index (χ3n) is 5.22. The van der Waals surface area contributed by atoms with E-state index in [2.05, 4.69) is 20.8 Å². The summed E-state index contributed by atoms with van der Waals surface area (Å²) in [7, 11) is 3.53. The van der Waals surface area contributed by atoms with Crippen LogP contribution in [0.25, 0.3) is 0 Å². The summed E-state index contributed by atoms with van der Waals surface area (Å²) in [4.78, 5) is 29.2. The Kier molecular flexibility index (Phi) is 9.48. The second kappa shape index (κ2) is 9.94. The molecule has 0 radical (unpaired) electrons. The van der Waals surface area contributed by atoms with E-state index in [0.717, 1.165) is 12.8 Å². The zero-order valence-corrected chi connectivity index (χ0v) is 16.7. The van der Waals surface area contributed by atoms with Crippen molar-refractivity contribution in [3.63, 3.8) is 0 Å². The van der Waals surface area contributed by atoms with Gasteiger partial charge in [0.15, 0.2) is 0 Å². The number of hydrogen-bond acceptors (Lipinski definition) is 2. The first kappa shape index (κ1) is 21.9. The lowest BCUT2D eigenvalue weighted by molar-refractivity contribution is -0.148. The van der Waals surface area contributed by atoms with Crippen LogP contribution < -0.4 is 0 Å². The summed E-state index contributed by atoms with van der Waals surface area (Å²) in [5.41, 5.74) is 0. The summed E-state index contributed by atoms with van der Waals surface area (Å²) in [6.07, 6.45) is 2.14. The lowest BCUT2D eigenvalue weighted by Gasteiger charge is -2.37. The zero-order chi connectivity index (χ0) is 18.3. The normalized spacial score (nSPS) is 15.4. The number of carbonyl (C=O) groups excluding carboxylic acids is 2. The molecule has 2 amide bonds. The Bertz CT molecular complexity index is 376. The lowest BCUT2D eigenvalue weighted by atomic mass is 9.81. The van der Waals surface area contributed by atoms with Crippen LogP contribution in [0.15, 0.2) is 0 Å². The molecule has 0 N–H and O–H groups in total. The lowest BCUT2D eigenvalue weighted by Crippen LogP contribution is -2.49. The second-order valence-corrected chi connectivity index (χ2v) is 7.23. The highest BCUT2D eigenvalue weighted by atomic mass is 16.2. The number of carbonyl (C=O) groups is 2. The Morgan fingerprint density at radius 2 is 1.35 bits per heavy atom. The van der Waals surface area contributed by atoms with Gasteiger partial charge in [-0.1, -0.05) is 47.5 Å². The molecule has 0 heterocycles. The van der Waals surface area contributed by atoms with Crippen LogP contribution >= 0.6 is 0 Å². The van der Waals surface area contributed by atoms with E-state index in [1.807, 2.05) is 32.6 Å². The van der Waals surface area contributed by atoms with Crippen LogP contribution in [0.4, 0.5) is 0 Å². The Labute approximate surface area is 143 Å². The molecule has 0 spiro atoms. The third-order valence-corrected chi connectivity index (χ3v) is 5.22. The fourth-order valence-electron chi connectivity index (χ4n) is 3.66. The topological polar surface area (TPSA) is 40.6 Å². The molecule has 4 heteroatoms. The van der Waals surface area contributed by atoms with Crippen molar-refractivity contribution in [2.75, 3.05) is 20.6 Å². The molecule has 0 aromatic heterocycles. The molecule has 0 aliphatic heterocycles. The zero-order valence-electron chi connectivity index (χ0n) is 16.7. The molecular formula is C19H38N2O2. The maximum atomic E-state index is 13.1. The SMILES string of the molecule is CCC(CC)C(C)N(CC)C(=O)C(C)C(C(=O)N(C)C)C(C)C. The van der Waals surface area contributed by atoms with Crippen LogP contribution in [0.3, 0.4) is 0 Å². The van der Waals surface area contributed by atoms with Gasteiger partial charge < -0.3 is 9.80 Å². The van der Waals surface area contributed by atoms with Crippen LogP contribution in [-0.4, -0.2) is 48.3 Å². The van der Waals surface area contributed by atoms with Gasteiger partial charge in [-0.25, -0.2) is 0 Å². The van der Waals surface area contributed by atoms with Gasteiger partial charge in [-0.15, -0.1) is 0 Å². The summed E-state index contributed by atoms with van der Waals surface area (Å²) in [5.74, 6) is 0.258. The van der Waals surface area contributed by atoms with Crippen LogP contribution in [0, 0.1) is 23.7 Å².